The predicted molar refractivity (Wildman–Crippen MR) is 98.1 cm³/mol. The van der Waals surface area contributed by atoms with Crippen LogP contribution in [0.4, 0.5) is 13.2 Å². The maximum atomic E-state index is 12.7. The summed E-state index contributed by atoms with van der Waals surface area (Å²) in [4.78, 5) is 14.3. The van der Waals surface area contributed by atoms with E-state index in [2.05, 4.69) is 15.0 Å². The number of hydrogen-bond acceptors (Lipinski definition) is 4. The van der Waals surface area contributed by atoms with E-state index >= 15 is 0 Å². The molecule has 1 amide bonds. The molecule has 29 heavy (non-hydrogen) atoms. The van der Waals surface area contributed by atoms with Gasteiger partial charge in [-0.2, -0.15) is 0 Å². The van der Waals surface area contributed by atoms with Crippen LogP contribution >= 0.6 is 0 Å². The van der Waals surface area contributed by atoms with E-state index in [1.165, 1.54) is 12.1 Å². The van der Waals surface area contributed by atoms with Crippen molar-refractivity contribution in [3.8, 4) is 17.0 Å². The highest BCUT2D eigenvalue weighted by molar-refractivity contribution is 5.94. The van der Waals surface area contributed by atoms with Crippen LogP contribution in [0.25, 0.3) is 11.3 Å². The van der Waals surface area contributed by atoms with Gasteiger partial charge in [-0.3, -0.25) is 4.79 Å². The molecule has 1 saturated heterocycles. The third-order valence-corrected chi connectivity index (χ3v) is 4.74. The lowest BCUT2D eigenvalue weighted by Crippen LogP contribution is -2.29. The first kappa shape index (κ1) is 19.0. The molecule has 0 N–H and O–H groups in total. The van der Waals surface area contributed by atoms with Crippen LogP contribution in [-0.4, -0.2) is 45.3 Å². The Balaban J connectivity index is 1.41. The summed E-state index contributed by atoms with van der Waals surface area (Å²) in [7, 11) is 0. The van der Waals surface area contributed by atoms with E-state index in [1.54, 1.807) is 9.58 Å². The Labute approximate surface area is 164 Å². The molecule has 1 aromatic heterocycles. The number of ether oxygens (including phenoxy) is 1. The lowest BCUT2D eigenvalue weighted by Gasteiger charge is -2.17. The first-order chi connectivity index (χ1) is 13.9. The normalized spacial score (nSPS) is 16.8. The van der Waals surface area contributed by atoms with Gasteiger partial charge in [0, 0.05) is 24.2 Å². The van der Waals surface area contributed by atoms with Gasteiger partial charge in [0.15, 0.2) is 0 Å². The molecule has 1 fully saturated rings. The summed E-state index contributed by atoms with van der Waals surface area (Å²) in [6.45, 7) is 0.988. The Morgan fingerprint density at radius 1 is 1.07 bits per heavy atom. The maximum absolute atomic E-state index is 12.7. The number of hydrogen-bond donors (Lipinski definition) is 0. The Bertz CT molecular complexity index is 987. The number of nitrogens with zero attached hydrogens (tertiary/aromatic N) is 4. The zero-order valence-electron chi connectivity index (χ0n) is 15.2. The molecule has 6 nitrogen and oxygen atoms in total. The predicted octanol–water partition coefficient (Wildman–Crippen LogP) is 3.93. The van der Waals surface area contributed by atoms with Gasteiger partial charge >= 0.3 is 6.36 Å². The minimum atomic E-state index is -4.76. The van der Waals surface area contributed by atoms with Gasteiger partial charge < -0.3 is 9.64 Å². The van der Waals surface area contributed by atoms with Crippen molar-refractivity contribution < 1.29 is 22.7 Å². The monoisotopic (exact) mass is 402 g/mol. The van der Waals surface area contributed by atoms with Gasteiger partial charge in [-0.1, -0.05) is 35.5 Å². The molecule has 150 valence electrons. The van der Waals surface area contributed by atoms with Crippen LogP contribution in [0.1, 0.15) is 22.8 Å². The number of halogens is 3. The average molecular weight is 402 g/mol. The van der Waals surface area contributed by atoms with E-state index in [-0.39, 0.29) is 17.7 Å². The number of likely N-dealkylation sites (tertiary alicyclic amines) is 1. The van der Waals surface area contributed by atoms with Gasteiger partial charge in [0.1, 0.15) is 11.4 Å². The van der Waals surface area contributed by atoms with Crippen molar-refractivity contribution >= 4 is 5.91 Å². The van der Waals surface area contributed by atoms with Crippen LogP contribution in [0.2, 0.25) is 0 Å². The largest absolute Gasteiger partial charge is 0.573 e. The Kier molecular flexibility index (Phi) is 4.96. The fourth-order valence-corrected chi connectivity index (χ4v) is 3.32. The van der Waals surface area contributed by atoms with Crippen LogP contribution in [0, 0.1) is 0 Å². The summed E-state index contributed by atoms with van der Waals surface area (Å²) in [5.74, 6) is -0.598. The van der Waals surface area contributed by atoms with Gasteiger partial charge in [0.2, 0.25) is 0 Å². The molecular formula is C20H17F3N4O2. The highest BCUT2D eigenvalue weighted by Crippen LogP contribution is 2.26. The molecule has 3 aromatic rings. The van der Waals surface area contributed by atoms with Gasteiger partial charge in [-0.05, 0) is 30.7 Å². The van der Waals surface area contributed by atoms with Crippen LogP contribution in [0.3, 0.4) is 0 Å². The zero-order valence-corrected chi connectivity index (χ0v) is 15.2. The summed E-state index contributed by atoms with van der Waals surface area (Å²) in [5, 5.41) is 8.39. The summed E-state index contributed by atoms with van der Waals surface area (Å²) in [6, 6.07) is 14.6. The van der Waals surface area contributed by atoms with E-state index in [1.807, 2.05) is 36.5 Å². The highest BCUT2D eigenvalue weighted by Gasteiger charge is 2.32. The first-order valence-corrected chi connectivity index (χ1v) is 9.01. The molecule has 0 bridgehead atoms. The minimum Gasteiger partial charge on any atom is -0.406 e. The number of carbonyl (C=O) groups excluding carboxylic acids is 1. The van der Waals surface area contributed by atoms with Crippen molar-refractivity contribution in [1.29, 1.82) is 0 Å². The fraction of sp³-hybridized carbons (Fsp3) is 0.250. The lowest BCUT2D eigenvalue weighted by molar-refractivity contribution is -0.274. The third-order valence-electron chi connectivity index (χ3n) is 4.74. The molecule has 9 heteroatoms. The molecule has 0 radical (unpaired) electrons. The number of amides is 1. The molecule has 4 rings (SSSR count). The molecule has 2 aromatic carbocycles. The van der Waals surface area contributed by atoms with Crippen molar-refractivity contribution in [3.05, 3.63) is 66.4 Å². The summed E-state index contributed by atoms with van der Waals surface area (Å²) in [6.07, 6.45) is -2.18. The molecular weight excluding hydrogens is 385 g/mol. The van der Waals surface area contributed by atoms with Crippen molar-refractivity contribution in [2.24, 2.45) is 0 Å². The highest BCUT2D eigenvalue weighted by atomic mass is 19.4. The van der Waals surface area contributed by atoms with Crippen LogP contribution in [0.5, 0.6) is 5.75 Å². The van der Waals surface area contributed by atoms with E-state index in [4.69, 9.17) is 0 Å². The van der Waals surface area contributed by atoms with Gasteiger partial charge in [0.05, 0.1) is 12.2 Å². The molecule has 0 spiro atoms. The smallest absolute Gasteiger partial charge is 0.406 e. The number of alkyl halides is 3. The van der Waals surface area contributed by atoms with Crippen molar-refractivity contribution in [2.75, 3.05) is 13.1 Å². The fourth-order valence-electron chi connectivity index (χ4n) is 3.32. The topological polar surface area (TPSA) is 60.2 Å². The Morgan fingerprint density at radius 3 is 2.48 bits per heavy atom. The molecule has 1 aliphatic heterocycles. The van der Waals surface area contributed by atoms with Crippen molar-refractivity contribution in [3.63, 3.8) is 0 Å². The first-order valence-electron chi connectivity index (χ1n) is 9.01. The molecule has 0 aliphatic carbocycles. The van der Waals surface area contributed by atoms with Crippen LogP contribution < -0.4 is 4.74 Å². The lowest BCUT2D eigenvalue weighted by atomic mass is 10.2. The van der Waals surface area contributed by atoms with Gasteiger partial charge in [0.25, 0.3) is 5.91 Å². The van der Waals surface area contributed by atoms with E-state index in [0.717, 1.165) is 29.8 Å². The standard InChI is InChI=1S/C20H17F3N4O2/c21-20(22,23)29-17-8-6-15(7-9-17)19(28)26-11-10-16(12-26)27-13-18(24-25-27)14-4-2-1-3-5-14/h1-9,13,16H,10-12H2. The van der Waals surface area contributed by atoms with Gasteiger partial charge in [-0.25, -0.2) is 4.68 Å². The van der Waals surface area contributed by atoms with Crippen LogP contribution in [0.15, 0.2) is 60.8 Å². The summed E-state index contributed by atoms with van der Waals surface area (Å²) < 4.78 is 42.3. The van der Waals surface area contributed by atoms with Gasteiger partial charge in [-0.15, -0.1) is 18.3 Å². The van der Waals surface area contributed by atoms with E-state index in [9.17, 15) is 18.0 Å². The Morgan fingerprint density at radius 2 is 1.79 bits per heavy atom. The minimum absolute atomic E-state index is 0.00301. The molecule has 0 saturated carbocycles. The summed E-state index contributed by atoms with van der Waals surface area (Å²) >= 11 is 0. The number of rotatable bonds is 4. The second kappa shape index (κ2) is 7.57. The average Bonchev–Trinajstić information content (AvgIpc) is 3.37. The zero-order chi connectivity index (χ0) is 20.4. The number of benzene rings is 2. The molecule has 1 aliphatic rings. The number of aromatic nitrogens is 3. The second-order valence-electron chi connectivity index (χ2n) is 6.72. The van der Waals surface area contributed by atoms with E-state index in [0.29, 0.717) is 18.7 Å². The third kappa shape index (κ3) is 4.39. The molecule has 1 unspecified atom stereocenters. The quantitative estimate of drug-likeness (QED) is 0.664. The Hall–Kier alpha value is -3.36. The SMILES string of the molecule is O=C(c1ccc(OC(F)(F)F)cc1)N1CCC(n2cc(-c3ccccc3)nn2)C1. The maximum Gasteiger partial charge on any atom is 0.573 e. The van der Waals surface area contributed by atoms with E-state index < -0.39 is 6.36 Å². The second-order valence-corrected chi connectivity index (χ2v) is 6.72. The van der Waals surface area contributed by atoms with Crippen molar-refractivity contribution in [2.45, 2.75) is 18.8 Å². The van der Waals surface area contributed by atoms with Crippen LogP contribution in [-0.2, 0) is 0 Å². The number of carbonyl (C=O) groups is 1. The summed E-state index contributed by atoms with van der Waals surface area (Å²) in [5.41, 5.74) is 2.03. The molecule has 2 heterocycles. The van der Waals surface area contributed by atoms with Crippen molar-refractivity contribution in [1.82, 2.24) is 19.9 Å². The molecule has 1 atom stereocenters.